The topological polar surface area (TPSA) is 62.3 Å². The van der Waals surface area contributed by atoms with Crippen LogP contribution in [-0.2, 0) is 10.0 Å². The molecule has 0 spiro atoms. The molecule has 1 fully saturated rings. The van der Waals surface area contributed by atoms with Gasteiger partial charge in [-0.15, -0.1) is 0 Å². The van der Waals surface area contributed by atoms with Crippen LogP contribution in [0.3, 0.4) is 0 Å². The fraction of sp³-hybridized carbons (Fsp3) is 0.545. The predicted molar refractivity (Wildman–Crippen MR) is 67.3 cm³/mol. The Balaban J connectivity index is 2.32. The zero-order valence-corrected chi connectivity index (χ0v) is 10.9. The second-order valence-corrected chi connectivity index (χ2v) is 6.19. The van der Waals surface area contributed by atoms with E-state index in [1.165, 1.54) is 6.26 Å². The first-order chi connectivity index (χ1) is 8.02. The van der Waals surface area contributed by atoms with Gasteiger partial charge in [-0.1, -0.05) is 0 Å². The lowest BCUT2D eigenvalue weighted by molar-refractivity contribution is 0.400. The second-order valence-electron chi connectivity index (χ2n) is 4.26. The number of sulfonamides is 1. The van der Waals surface area contributed by atoms with Gasteiger partial charge in [0.05, 0.1) is 6.26 Å². The molecule has 0 saturated carbocycles. The van der Waals surface area contributed by atoms with E-state index in [9.17, 15) is 8.42 Å². The third kappa shape index (κ3) is 2.58. The Kier molecular flexibility index (Phi) is 3.35. The number of pyridine rings is 1. The molecule has 1 saturated heterocycles. The lowest BCUT2D eigenvalue weighted by Gasteiger charge is -2.22. The van der Waals surface area contributed by atoms with E-state index in [4.69, 9.17) is 0 Å². The Morgan fingerprint density at radius 1 is 1.53 bits per heavy atom. The summed E-state index contributed by atoms with van der Waals surface area (Å²) >= 11 is 0. The normalized spacial score (nSPS) is 21.6. The van der Waals surface area contributed by atoms with E-state index in [1.54, 1.807) is 17.5 Å². The Morgan fingerprint density at radius 3 is 2.94 bits per heavy atom. The van der Waals surface area contributed by atoms with Gasteiger partial charge in [-0.05, 0) is 30.5 Å². The number of nitrogens with one attached hydrogen (secondary N) is 1. The van der Waals surface area contributed by atoms with Crippen LogP contribution in [0.2, 0.25) is 0 Å². The zero-order valence-electron chi connectivity index (χ0n) is 10.0. The van der Waals surface area contributed by atoms with Gasteiger partial charge in [0.25, 0.3) is 0 Å². The first-order valence-electron chi connectivity index (χ1n) is 5.63. The largest absolute Gasteiger partial charge is 0.373 e. The Morgan fingerprint density at radius 2 is 2.29 bits per heavy atom. The highest BCUT2D eigenvalue weighted by molar-refractivity contribution is 7.88. The summed E-state index contributed by atoms with van der Waals surface area (Å²) in [5.41, 5.74) is 1.01. The quantitative estimate of drug-likeness (QED) is 0.882. The molecule has 94 valence electrons. The molecule has 0 aromatic carbocycles. The molecule has 0 aliphatic carbocycles. The van der Waals surface area contributed by atoms with Crippen LogP contribution in [0.4, 0.5) is 5.82 Å². The van der Waals surface area contributed by atoms with Crippen LogP contribution in [0, 0.1) is 0 Å². The third-order valence-electron chi connectivity index (χ3n) is 3.05. The van der Waals surface area contributed by atoms with Gasteiger partial charge in [0.1, 0.15) is 5.82 Å². The Hall–Kier alpha value is -1.14. The molecule has 6 heteroatoms. The van der Waals surface area contributed by atoms with Crippen molar-refractivity contribution in [2.75, 3.05) is 25.2 Å². The van der Waals surface area contributed by atoms with Crippen molar-refractivity contribution in [1.82, 2.24) is 9.29 Å². The molecule has 5 nitrogen and oxygen atoms in total. The van der Waals surface area contributed by atoms with E-state index < -0.39 is 10.0 Å². The first-order valence-corrected chi connectivity index (χ1v) is 7.47. The smallest absolute Gasteiger partial charge is 0.211 e. The molecule has 2 heterocycles. The maximum Gasteiger partial charge on any atom is 0.211 e. The summed E-state index contributed by atoms with van der Waals surface area (Å²) < 4.78 is 24.9. The molecular weight excluding hydrogens is 238 g/mol. The highest BCUT2D eigenvalue weighted by atomic mass is 32.2. The summed E-state index contributed by atoms with van der Waals surface area (Å²) in [6.45, 7) is 0.612. The van der Waals surface area contributed by atoms with Crippen LogP contribution < -0.4 is 5.32 Å². The molecule has 1 N–H and O–H groups in total. The van der Waals surface area contributed by atoms with Crippen LogP contribution in [0.5, 0.6) is 0 Å². The van der Waals surface area contributed by atoms with Gasteiger partial charge in [0.2, 0.25) is 10.0 Å². The minimum absolute atomic E-state index is 0.0416. The maximum atomic E-state index is 11.7. The molecule has 0 bridgehead atoms. The van der Waals surface area contributed by atoms with Crippen LogP contribution in [0.25, 0.3) is 0 Å². The molecule has 2 rings (SSSR count). The molecule has 1 aromatic rings. The molecule has 1 atom stereocenters. The number of aromatic nitrogens is 1. The highest BCUT2D eigenvalue weighted by Crippen LogP contribution is 2.34. The summed E-state index contributed by atoms with van der Waals surface area (Å²) in [4.78, 5) is 4.14. The molecule has 1 aliphatic rings. The van der Waals surface area contributed by atoms with Crippen LogP contribution >= 0.6 is 0 Å². The summed E-state index contributed by atoms with van der Waals surface area (Å²) in [5.74, 6) is 0.767. The van der Waals surface area contributed by atoms with Crippen molar-refractivity contribution in [2.24, 2.45) is 0 Å². The number of rotatable bonds is 3. The van der Waals surface area contributed by atoms with Gasteiger partial charge in [0.15, 0.2) is 0 Å². The SMILES string of the molecule is CNc1cc([C@H]2CCCN2S(C)(=O)=O)ccn1. The second kappa shape index (κ2) is 4.62. The Labute approximate surface area is 102 Å². The van der Waals surface area contributed by atoms with Crippen molar-refractivity contribution < 1.29 is 8.42 Å². The fourth-order valence-electron chi connectivity index (χ4n) is 2.26. The number of nitrogens with zero attached hydrogens (tertiary/aromatic N) is 2. The van der Waals surface area contributed by atoms with E-state index in [-0.39, 0.29) is 6.04 Å². The average Bonchev–Trinajstić information content (AvgIpc) is 2.77. The minimum atomic E-state index is -3.13. The van der Waals surface area contributed by atoms with Gasteiger partial charge < -0.3 is 5.32 Å². The van der Waals surface area contributed by atoms with Crippen molar-refractivity contribution in [3.8, 4) is 0 Å². The molecule has 0 amide bonds. The van der Waals surface area contributed by atoms with Gasteiger partial charge in [-0.25, -0.2) is 13.4 Å². The maximum absolute atomic E-state index is 11.7. The number of hydrogen-bond donors (Lipinski definition) is 1. The van der Waals surface area contributed by atoms with E-state index in [2.05, 4.69) is 10.3 Å². The summed E-state index contributed by atoms with van der Waals surface area (Å²) in [6, 6.07) is 3.75. The van der Waals surface area contributed by atoms with Crippen molar-refractivity contribution in [3.05, 3.63) is 23.9 Å². The Bertz CT molecular complexity index is 501. The molecule has 17 heavy (non-hydrogen) atoms. The standard InChI is InChI=1S/C11H17N3O2S/c1-12-11-8-9(5-6-13-11)10-4-3-7-14(10)17(2,15)16/h5-6,8,10H,3-4,7H2,1-2H3,(H,12,13)/t10-/m1/s1. The van der Waals surface area contributed by atoms with E-state index >= 15 is 0 Å². The fourth-order valence-corrected chi connectivity index (χ4v) is 3.41. The van der Waals surface area contributed by atoms with E-state index in [0.29, 0.717) is 6.54 Å². The van der Waals surface area contributed by atoms with Gasteiger partial charge >= 0.3 is 0 Å². The summed E-state index contributed by atoms with van der Waals surface area (Å²) in [7, 11) is -1.33. The first kappa shape index (κ1) is 12.3. The molecule has 0 unspecified atom stereocenters. The zero-order chi connectivity index (χ0) is 12.5. The lowest BCUT2D eigenvalue weighted by Crippen LogP contribution is -2.29. The van der Waals surface area contributed by atoms with Gasteiger partial charge in [0, 0.05) is 25.8 Å². The van der Waals surface area contributed by atoms with Crippen molar-refractivity contribution >= 4 is 15.8 Å². The summed E-state index contributed by atoms with van der Waals surface area (Å²) in [5, 5.41) is 2.97. The molecule has 0 radical (unpaired) electrons. The van der Waals surface area contributed by atoms with Gasteiger partial charge in [-0.3, -0.25) is 0 Å². The average molecular weight is 255 g/mol. The molecule has 1 aliphatic heterocycles. The lowest BCUT2D eigenvalue weighted by atomic mass is 10.1. The predicted octanol–water partition coefficient (Wildman–Crippen LogP) is 1.22. The van der Waals surface area contributed by atoms with Crippen molar-refractivity contribution in [3.63, 3.8) is 0 Å². The third-order valence-corrected chi connectivity index (χ3v) is 4.34. The summed E-state index contributed by atoms with van der Waals surface area (Å²) in [6.07, 6.45) is 4.76. The van der Waals surface area contributed by atoms with E-state index in [1.807, 2.05) is 12.1 Å². The number of hydrogen-bond acceptors (Lipinski definition) is 4. The van der Waals surface area contributed by atoms with Crippen LogP contribution in [-0.4, -0.2) is 37.6 Å². The number of anilines is 1. The molecule has 1 aromatic heterocycles. The van der Waals surface area contributed by atoms with Crippen molar-refractivity contribution in [1.29, 1.82) is 0 Å². The van der Waals surface area contributed by atoms with Crippen molar-refractivity contribution in [2.45, 2.75) is 18.9 Å². The monoisotopic (exact) mass is 255 g/mol. The highest BCUT2D eigenvalue weighted by Gasteiger charge is 2.32. The molecular formula is C11H17N3O2S. The van der Waals surface area contributed by atoms with Crippen LogP contribution in [0.15, 0.2) is 18.3 Å². The minimum Gasteiger partial charge on any atom is -0.373 e. The van der Waals surface area contributed by atoms with Crippen LogP contribution in [0.1, 0.15) is 24.4 Å². The van der Waals surface area contributed by atoms with E-state index in [0.717, 1.165) is 24.2 Å². The van der Waals surface area contributed by atoms with Gasteiger partial charge in [-0.2, -0.15) is 4.31 Å².